The van der Waals surface area contributed by atoms with Gasteiger partial charge in [-0.25, -0.2) is 0 Å². The molecule has 0 atom stereocenters. The van der Waals surface area contributed by atoms with E-state index in [9.17, 15) is 9.59 Å². The Morgan fingerprint density at radius 2 is 1.93 bits per heavy atom. The minimum atomic E-state index is -0.968. The average Bonchev–Trinajstić information content (AvgIpc) is 2.23. The van der Waals surface area contributed by atoms with Gasteiger partial charge in [-0.1, -0.05) is 29.3 Å². The summed E-state index contributed by atoms with van der Waals surface area (Å²) in [6.45, 7) is -0.278. The molecule has 1 aromatic carbocycles. The van der Waals surface area contributed by atoms with Gasteiger partial charge < -0.3 is 10.8 Å². The molecule has 0 amide bonds. The number of carbonyl (C=O) groups excluding carboxylic acids is 1. The van der Waals surface area contributed by atoms with Crippen LogP contribution in [0.2, 0.25) is 10.0 Å². The van der Waals surface area contributed by atoms with Crippen LogP contribution in [0.4, 0.5) is 0 Å². The molecule has 0 saturated heterocycles. The van der Waals surface area contributed by atoms with Crippen LogP contribution in [0.15, 0.2) is 18.2 Å². The summed E-state index contributed by atoms with van der Waals surface area (Å²) in [5, 5.41) is 8.47. The molecule has 82 valence electrons. The zero-order chi connectivity index (χ0) is 11.8. The number of hydrogen-bond acceptors (Lipinski definition) is 3. The molecule has 15 heavy (non-hydrogen) atoms. The molecule has 0 aliphatic heterocycles. The third-order valence-electron chi connectivity index (χ3n) is 1.25. The van der Waals surface area contributed by atoms with Crippen molar-refractivity contribution in [3.8, 4) is 0 Å². The van der Waals surface area contributed by atoms with Crippen LogP contribution in [0.3, 0.4) is 0 Å². The quantitative estimate of drug-likeness (QED) is 0.784. The number of halogens is 2. The third kappa shape index (κ3) is 6.06. The van der Waals surface area contributed by atoms with Crippen molar-refractivity contribution in [2.45, 2.75) is 0 Å². The van der Waals surface area contributed by atoms with E-state index in [1.807, 2.05) is 0 Å². The fourth-order valence-electron chi connectivity index (χ4n) is 0.586. The fourth-order valence-corrected chi connectivity index (χ4v) is 0.892. The number of carboxylic acid groups (broad SMARTS) is 1. The van der Waals surface area contributed by atoms with Crippen LogP contribution in [0, 0.1) is 0 Å². The van der Waals surface area contributed by atoms with Crippen LogP contribution >= 0.6 is 23.2 Å². The number of benzene rings is 1. The first-order valence-electron chi connectivity index (χ1n) is 3.83. The van der Waals surface area contributed by atoms with Crippen molar-refractivity contribution in [3.63, 3.8) is 0 Å². The Labute approximate surface area is 96.6 Å². The van der Waals surface area contributed by atoms with Crippen LogP contribution < -0.4 is 5.73 Å². The minimum Gasteiger partial charge on any atom is -0.480 e. The lowest BCUT2D eigenvalue weighted by molar-refractivity contribution is -0.135. The maximum atomic E-state index is 10.2. The van der Waals surface area contributed by atoms with Gasteiger partial charge in [-0.2, -0.15) is 0 Å². The fraction of sp³-hybridized carbons (Fsp3) is 0.111. The summed E-state index contributed by atoms with van der Waals surface area (Å²) in [5.41, 5.74) is 5.11. The topological polar surface area (TPSA) is 80.4 Å². The van der Waals surface area contributed by atoms with Crippen molar-refractivity contribution in [2.75, 3.05) is 6.54 Å². The SMILES string of the molecule is NCC(=O)O.O=Cc1ccc(Cl)c(Cl)c1. The van der Waals surface area contributed by atoms with Gasteiger partial charge >= 0.3 is 5.97 Å². The standard InChI is InChI=1S/C7H4Cl2O.C2H5NO2/c8-6-2-1-5(4-10)3-7(6)9;3-1-2(4)5/h1-4H;1,3H2,(H,4,5). The first kappa shape index (κ1) is 13.9. The molecule has 6 heteroatoms. The molecule has 0 fully saturated rings. The molecule has 0 spiro atoms. The molecule has 4 nitrogen and oxygen atoms in total. The molecular formula is C9H9Cl2NO3. The lowest BCUT2D eigenvalue weighted by Gasteiger charge is -1.93. The predicted octanol–water partition coefficient (Wildman–Crippen LogP) is 1.84. The van der Waals surface area contributed by atoms with Crippen LogP contribution in [0.5, 0.6) is 0 Å². The van der Waals surface area contributed by atoms with Gasteiger partial charge in [-0.05, 0) is 12.1 Å². The first-order valence-corrected chi connectivity index (χ1v) is 4.59. The number of carbonyl (C=O) groups is 2. The van der Waals surface area contributed by atoms with Gasteiger partial charge in [0, 0.05) is 5.56 Å². The second-order valence-electron chi connectivity index (χ2n) is 2.39. The Balaban J connectivity index is 0.000000336. The van der Waals surface area contributed by atoms with Gasteiger partial charge in [0.05, 0.1) is 16.6 Å². The van der Waals surface area contributed by atoms with Crippen molar-refractivity contribution in [1.29, 1.82) is 0 Å². The Morgan fingerprint density at radius 3 is 2.27 bits per heavy atom. The highest BCUT2D eigenvalue weighted by Gasteiger charge is 1.96. The third-order valence-corrected chi connectivity index (χ3v) is 1.99. The highest BCUT2D eigenvalue weighted by Crippen LogP contribution is 2.21. The Hall–Kier alpha value is -1.10. The summed E-state index contributed by atoms with van der Waals surface area (Å²) in [6, 6.07) is 4.73. The number of nitrogens with two attached hydrogens (primary N) is 1. The molecule has 0 aliphatic carbocycles. The molecule has 0 aromatic heterocycles. The Kier molecular flexibility index (Phi) is 6.70. The van der Waals surface area contributed by atoms with E-state index in [4.69, 9.17) is 28.3 Å². The summed E-state index contributed by atoms with van der Waals surface area (Å²) in [5.74, 6) is -0.968. The van der Waals surface area contributed by atoms with E-state index in [2.05, 4.69) is 5.73 Å². The van der Waals surface area contributed by atoms with Crippen molar-refractivity contribution in [2.24, 2.45) is 5.73 Å². The Bertz CT molecular complexity index is 355. The molecule has 1 aromatic rings. The summed E-state index contributed by atoms with van der Waals surface area (Å²) >= 11 is 11.2. The summed E-state index contributed by atoms with van der Waals surface area (Å²) in [4.78, 5) is 19.4. The molecule has 0 unspecified atom stereocenters. The van der Waals surface area contributed by atoms with E-state index in [0.29, 0.717) is 15.6 Å². The maximum Gasteiger partial charge on any atom is 0.317 e. The van der Waals surface area contributed by atoms with Crippen LogP contribution in [0.25, 0.3) is 0 Å². The number of carboxylic acids is 1. The predicted molar refractivity (Wildman–Crippen MR) is 58.5 cm³/mol. The van der Waals surface area contributed by atoms with Gasteiger partial charge in [0.1, 0.15) is 6.29 Å². The van der Waals surface area contributed by atoms with Gasteiger partial charge in [-0.3, -0.25) is 9.59 Å². The van der Waals surface area contributed by atoms with Crippen molar-refractivity contribution in [1.82, 2.24) is 0 Å². The molecule has 0 saturated carbocycles. The average molecular weight is 250 g/mol. The highest BCUT2D eigenvalue weighted by atomic mass is 35.5. The van der Waals surface area contributed by atoms with Gasteiger partial charge in [-0.15, -0.1) is 0 Å². The van der Waals surface area contributed by atoms with Gasteiger partial charge in [0.2, 0.25) is 0 Å². The molecule has 0 radical (unpaired) electrons. The summed E-state index contributed by atoms with van der Waals surface area (Å²) < 4.78 is 0. The lowest BCUT2D eigenvalue weighted by atomic mass is 10.2. The molecule has 0 bridgehead atoms. The zero-order valence-corrected chi connectivity index (χ0v) is 9.13. The van der Waals surface area contributed by atoms with Gasteiger partial charge in [0.15, 0.2) is 0 Å². The van der Waals surface area contributed by atoms with E-state index in [1.54, 1.807) is 12.1 Å². The van der Waals surface area contributed by atoms with Gasteiger partial charge in [0.25, 0.3) is 0 Å². The number of hydrogen-bond donors (Lipinski definition) is 2. The number of aldehydes is 1. The zero-order valence-electron chi connectivity index (χ0n) is 7.61. The van der Waals surface area contributed by atoms with Crippen molar-refractivity contribution in [3.05, 3.63) is 33.8 Å². The lowest BCUT2D eigenvalue weighted by Crippen LogP contribution is -2.10. The van der Waals surface area contributed by atoms with Crippen LogP contribution in [0.1, 0.15) is 10.4 Å². The van der Waals surface area contributed by atoms with E-state index in [1.165, 1.54) is 6.07 Å². The van der Waals surface area contributed by atoms with E-state index in [-0.39, 0.29) is 6.54 Å². The molecule has 0 heterocycles. The second-order valence-corrected chi connectivity index (χ2v) is 3.20. The molecular weight excluding hydrogens is 241 g/mol. The smallest absolute Gasteiger partial charge is 0.317 e. The first-order chi connectivity index (χ1) is 7.01. The summed E-state index contributed by atoms with van der Waals surface area (Å²) in [6.07, 6.45) is 0.724. The number of rotatable bonds is 2. The highest BCUT2D eigenvalue weighted by molar-refractivity contribution is 6.42. The Morgan fingerprint density at radius 1 is 1.40 bits per heavy atom. The van der Waals surface area contributed by atoms with E-state index < -0.39 is 5.97 Å². The monoisotopic (exact) mass is 249 g/mol. The normalized spacial score (nSPS) is 8.73. The van der Waals surface area contributed by atoms with E-state index in [0.717, 1.165) is 6.29 Å². The van der Waals surface area contributed by atoms with Crippen molar-refractivity contribution >= 4 is 35.5 Å². The number of aliphatic carboxylic acids is 1. The second kappa shape index (κ2) is 7.23. The molecule has 3 N–H and O–H groups in total. The maximum absolute atomic E-state index is 10.2. The molecule has 1 rings (SSSR count). The summed E-state index contributed by atoms with van der Waals surface area (Å²) in [7, 11) is 0. The van der Waals surface area contributed by atoms with E-state index >= 15 is 0 Å². The van der Waals surface area contributed by atoms with Crippen LogP contribution in [-0.2, 0) is 4.79 Å². The molecule has 0 aliphatic rings. The largest absolute Gasteiger partial charge is 0.480 e. The van der Waals surface area contributed by atoms with Crippen molar-refractivity contribution < 1.29 is 14.7 Å². The van der Waals surface area contributed by atoms with Crippen LogP contribution in [-0.4, -0.2) is 23.9 Å². The minimum absolute atomic E-state index is 0.278.